The first-order chi connectivity index (χ1) is 14.8. The fourth-order valence-electron chi connectivity index (χ4n) is 2.82. The summed E-state index contributed by atoms with van der Waals surface area (Å²) in [6.07, 6.45) is 0. The van der Waals surface area contributed by atoms with Gasteiger partial charge in [0.15, 0.2) is 6.61 Å². The van der Waals surface area contributed by atoms with Gasteiger partial charge in [-0.2, -0.15) is 0 Å². The molecule has 0 aromatic heterocycles. The molecule has 7 nitrogen and oxygen atoms in total. The Hall–Kier alpha value is -4.13. The first kappa shape index (κ1) is 21.6. The van der Waals surface area contributed by atoms with E-state index in [9.17, 15) is 14.4 Å². The van der Waals surface area contributed by atoms with Crippen molar-refractivity contribution < 1.29 is 24.2 Å². The van der Waals surface area contributed by atoms with Crippen LogP contribution in [0.3, 0.4) is 0 Å². The van der Waals surface area contributed by atoms with Crippen molar-refractivity contribution in [3.63, 3.8) is 0 Å². The Balaban J connectivity index is 1.64. The SMILES string of the molecule is Cc1ccc(OCC(=O)Nc2ccccc2C(=O)Nc2ccc(C(=O)O)cc2)cc1C. The van der Waals surface area contributed by atoms with Gasteiger partial charge < -0.3 is 20.5 Å². The van der Waals surface area contributed by atoms with Crippen molar-refractivity contribution >= 4 is 29.2 Å². The quantitative estimate of drug-likeness (QED) is 0.531. The molecular formula is C24H22N2O5. The van der Waals surface area contributed by atoms with Crippen LogP contribution in [0.4, 0.5) is 11.4 Å². The van der Waals surface area contributed by atoms with Gasteiger partial charge in [0, 0.05) is 5.69 Å². The standard InChI is InChI=1S/C24H22N2O5/c1-15-7-12-19(13-16(15)2)31-14-22(27)26-21-6-4-3-5-20(21)23(28)25-18-10-8-17(9-11-18)24(29)30/h3-13H,14H2,1-2H3,(H,25,28)(H,26,27)(H,29,30). The largest absolute Gasteiger partial charge is 0.484 e. The van der Waals surface area contributed by atoms with Gasteiger partial charge in [-0.05, 0) is 73.5 Å². The minimum atomic E-state index is -1.05. The van der Waals surface area contributed by atoms with E-state index in [1.165, 1.54) is 24.3 Å². The van der Waals surface area contributed by atoms with Gasteiger partial charge in [0.1, 0.15) is 5.75 Å². The zero-order valence-corrected chi connectivity index (χ0v) is 17.1. The predicted molar refractivity (Wildman–Crippen MR) is 118 cm³/mol. The molecule has 0 saturated heterocycles. The molecule has 0 bridgehead atoms. The van der Waals surface area contributed by atoms with Gasteiger partial charge in [0.05, 0.1) is 16.8 Å². The van der Waals surface area contributed by atoms with Gasteiger partial charge in [-0.1, -0.05) is 18.2 Å². The molecule has 0 aliphatic carbocycles. The highest BCUT2D eigenvalue weighted by Crippen LogP contribution is 2.19. The lowest BCUT2D eigenvalue weighted by Crippen LogP contribution is -2.22. The third-order valence-electron chi connectivity index (χ3n) is 4.68. The highest BCUT2D eigenvalue weighted by Gasteiger charge is 2.14. The van der Waals surface area contributed by atoms with Crippen LogP contribution in [0.25, 0.3) is 0 Å². The molecule has 0 fully saturated rings. The first-order valence-electron chi connectivity index (χ1n) is 9.57. The van der Waals surface area contributed by atoms with E-state index in [4.69, 9.17) is 9.84 Å². The lowest BCUT2D eigenvalue weighted by molar-refractivity contribution is -0.118. The van der Waals surface area contributed by atoms with Gasteiger partial charge in [0.2, 0.25) is 0 Å². The number of benzene rings is 3. The second-order valence-corrected chi connectivity index (χ2v) is 6.97. The van der Waals surface area contributed by atoms with Crippen LogP contribution in [0.5, 0.6) is 5.75 Å². The summed E-state index contributed by atoms with van der Waals surface area (Å²) in [5.41, 5.74) is 3.37. The number of hydrogen-bond donors (Lipinski definition) is 3. The van der Waals surface area contributed by atoms with Crippen molar-refractivity contribution in [2.45, 2.75) is 13.8 Å². The van der Waals surface area contributed by atoms with E-state index in [2.05, 4.69) is 10.6 Å². The molecule has 158 valence electrons. The van der Waals surface area contributed by atoms with Crippen molar-refractivity contribution in [2.75, 3.05) is 17.2 Å². The number of rotatable bonds is 7. The molecular weight excluding hydrogens is 396 g/mol. The fourth-order valence-corrected chi connectivity index (χ4v) is 2.82. The molecule has 0 spiro atoms. The van der Waals surface area contributed by atoms with E-state index in [1.807, 2.05) is 26.0 Å². The summed E-state index contributed by atoms with van der Waals surface area (Å²) in [5.74, 6) is -1.29. The molecule has 31 heavy (non-hydrogen) atoms. The number of anilines is 2. The lowest BCUT2D eigenvalue weighted by atomic mass is 10.1. The maximum atomic E-state index is 12.7. The molecule has 0 unspecified atom stereocenters. The Morgan fingerprint density at radius 2 is 1.58 bits per heavy atom. The third-order valence-corrected chi connectivity index (χ3v) is 4.68. The maximum Gasteiger partial charge on any atom is 0.335 e. The molecule has 0 saturated carbocycles. The predicted octanol–water partition coefficient (Wildman–Crippen LogP) is 4.27. The molecule has 0 radical (unpaired) electrons. The van der Waals surface area contributed by atoms with E-state index in [-0.39, 0.29) is 17.7 Å². The number of nitrogens with one attached hydrogen (secondary N) is 2. The second kappa shape index (κ2) is 9.58. The summed E-state index contributed by atoms with van der Waals surface area (Å²) in [6, 6.07) is 18.0. The van der Waals surface area contributed by atoms with Crippen molar-refractivity contribution in [3.8, 4) is 5.75 Å². The molecule has 2 amide bonds. The van der Waals surface area contributed by atoms with Crippen LogP contribution in [0.1, 0.15) is 31.8 Å². The van der Waals surface area contributed by atoms with Crippen molar-refractivity contribution in [3.05, 3.63) is 89.0 Å². The van der Waals surface area contributed by atoms with E-state index < -0.39 is 17.8 Å². The molecule has 0 aliphatic heterocycles. The van der Waals surface area contributed by atoms with Gasteiger partial charge >= 0.3 is 5.97 Å². The van der Waals surface area contributed by atoms with E-state index in [0.717, 1.165) is 11.1 Å². The zero-order chi connectivity index (χ0) is 22.4. The minimum absolute atomic E-state index is 0.120. The summed E-state index contributed by atoms with van der Waals surface area (Å²) >= 11 is 0. The van der Waals surface area contributed by atoms with Crippen LogP contribution in [0.2, 0.25) is 0 Å². The van der Waals surface area contributed by atoms with Gasteiger partial charge in [-0.3, -0.25) is 9.59 Å². The molecule has 3 N–H and O–H groups in total. The Morgan fingerprint density at radius 1 is 0.871 bits per heavy atom. The number of hydrogen-bond acceptors (Lipinski definition) is 4. The normalized spacial score (nSPS) is 10.3. The fraction of sp³-hybridized carbons (Fsp3) is 0.125. The van der Waals surface area contributed by atoms with Crippen LogP contribution in [-0.2, 0) is 4.79 Å². The number of carboxylic acids is 1. The Morgan fingerprint density at radius 3 is 2.26 bits per heavy atom. The van der Waals surface area contributed by atoms with E-state index in [0.29, 0.717) is 17.1 Å². The smallest absolute Gasteiger partial charge is 0.335 e. The third kappa shape index (κ3) is 5.70. The monoisotopic (exact) mass is 418 g/mol. The number of carbonyl (C=O) groups excluding carboxylic acids is 2. The minimum Gasteiger partial charge on any atom is -0.484 e. The summed E-state index contributed by atoms with van der Waals surface area (Å²) in [4.78, 5) is 36.0. The second-order valence-electron chi connectivity index (χ2n) is 6.97. The van der Waals surface area contributed by atoms with E-state index >= 15 is 0 Å². The number of para-hydroxylation sites is 1. The van der Waals surface area contributed by atoms with Crippen molar-refractivity contribution in [1.29, 1.82) is 0 Å². The number of amides is 2. The summed E-state index contributed by atoms with van der Waals surface area (Å²) < 4.78 is 5.54. The Bertz CT molecular complexity index is 1120. The molecule has 7 heteroatoms. The topological polar surface area (TPSA) is 105 Å². The number of carbonyl (C=O) groups is 3. The van der Waals surface area contributed by atoms with Gasteiger partial charge in [0.25, 0.3) is 11.8 Å². The number of aryl methyl sites for hydroxylation is 2. The van der Waals surface area contributed by atoms with Crippen LogP contribution in [-0.4, -0.2) is 29.5 Å². The molecule has 3 rings (SSSR count). The Labute approximate surface area is 179 Å². The lowest BCUT2D eigenvalue weighted by Gasteiger charge is -2.12. The van der Waals surface area contributed by atoms with Crippen LogP contribution in [0, 0.1) is 13.8 Å². The van der Waals surface area contributed by atoms with Crippen LogP contribution < -0.4 is 15.4 Å². The number of carboxylic acid groups (broad SMARTS) is 1. The number of ether oxygens (including phenoxy) is 1. The molecule has 0 atom stereocenters. The maximum absolute atomic E-state index is 12.7. The molecule has 0 aliphatic rings. The zero-order valence-electron chi connectivity index (χ0n) is 17.1. The van der Waals surface area contributed by atoms with Gasteiger partial charge in [-0.25, -0.2) is 4.79 Å². The highest BCUT2D eigenvalue weighted by atomic mass is 16.5. The first-order valence-corrected chi connectivity index (χ1v) is 9.57. The van der Waals surface area contributed by atoms with Crippen molar-refractivity contribution in [2.24, 2.45) is 0 Å². The van der Waals surface area contributed by atoms with E-state index in [1.54, 1.807) is 30.3 Å². The van der Waals surface area contributed by atoms with Crippen LogP contribution >= 0.6 is 0 Å². The average Bonchev–Trinajstić information content (AvgIpc) is 2.75. The summed E-state index contributed by atoms with van der Waals surface area (Å²) in [7, 11) is 0. The highest BCUT2D eigenvalue weighted by molar-refractivity contribution is 6.10. The Kier molecular flexibility index (Phi) is 6.67. The van der Waals surface area contributed by atoms with Crippen LogP contribution in [0.15, 0.2) is 66.7 Å². The molecule has 0 heterocycles. The molecule has 3 aromatic rings. The van der Waals surface area contributed by atoms with Gasteiger partial charge in [-0.15, -0.1) is 0 Å². The van der Waals surface area contributed by atoms with Crippen molar-refractivity contribution in [1.82, 2.24) is 0 Å². The molecule has 3 aromatic carbocycles. The number of aromatic carboxylic acids is 1. The average molecular weight is 418 g/mol. The summed E-state index contributed by atoms with van der Waals surface area (Å²) in [5, 5.41) is 14.3. The summed E-state index contributed by atoms with van der Waals surface area (Å²) in [6.45, 7) is 3.76.